The molecule has 0 aliphatic carbocycles. The SMILES string of the molecule is C=CCCCCCN(CCC)CC(=O)O. The number of rotatable bonds is 10. The summed E-state index contributed by atoms with van der Waals surface area (Å²) in [6, 6.07) is 0. The number of allylic oxidation sites excluding steroid dienone is 1. The Morgan fingerprint density at radius 2 is 2.07 bits per heavy atom. The zero-order chi connectivity index (χ0) is 11.5. The van der Waals surface area contributed by atoms with Crippen LogP contribution < -0.4 is 0 Å². The van der Waals surface area contributed by atoms with Crippen LogP contribution in [0, 0.1) is 0 Å². The van der Waals surface area contributed by atoms with E-state index in [9.17, 15) is 4.79 Å². The van der Waals surface area contributed by atoms with Crippen molar-refractivity contribution in [1.29, 1.82) is 0 Å². The molecular weight excluding hydrogens is 190 g/mol. The highest BCUT2D eigenvalue weighted by Crippen LogP contribution is 2.02. The first kappa shape index (κ1) is 14.2. The van der Waals surface area contributed by atoms with Crippen molar-refractivity contribution in [3.05, 3.63) is 12.7 Å². The standard InChI is InChI=1S/C12H23NO2/c1-3-5-6-7-8-10-13(9-4-2)11-12(14)15/h3H,1,4-11H2,2H3,(H,14,15). The number of carboxylic acid groups (broad SMARTS) is 1. The van der Waals surface area contributed by atoms with Gasteiger partial charge in [-0.1, -0.05) is 19.4 Å². The number of aliphatic carboxylic acids is 1. The fourth-order valence-corrected chi connectivity index (χ4v) is 1.58. The number of carboxylic acids is 1. The molecule has 0 atom stereocenters. The van der Waals surface area contributed by atoms with E-state index in [1.807, 2.05) is 11.0 Å². The van der Waals surface area contributed by atoms with Gasteiger partial charge >= 0.3 is 5.97 Å². The summed E-state index contributed by atoms with van der Waals surface area (Å²) in [5.74, 6) is -0.727. The Bertz CT molecular complexity index is 180. The molecule has 0 radical (unpaired) electrons. The molecule has 0 bridgehead atoms. The van der Waals surface area contributed by atoms with E-state index in [0.717, 1.165) is 45.2 Å². The molecule has 0 aliphatic heterocycles. The third kappa shape index (κ3) is 9.47. The fourth-order valence-electron chi connectivity index (χ4n) is 1.58. The van der Waals surface area contributed by atoms with Gasteiger partial charge in [-0.05, 0) is 38.8 Å². The first-order valence-electron chi connectivity index (χ1n) is 5.75. The van der Waals surface area contributed by atoms with Gasteiger partial charge in [-0.2, -0.15) is 0 Å². The molecule has 0 aromatic carbocycles. The third-order valence-corrected chi connectivity index (χ3v) is 2.28. The van der Waals surface area contributed by atoms with Crippen LogP contribution >= 0.6 is 0 Å². The van der Waals surface area contributed by atoms with Crippen molar-refractivity contribution < 1.29 is 9.90 Å². The van der Waals surface area contributed by atoms with Crippen molar-refractivity contribution >= 4 is 5.97 Å². The van der Waals surface area contributed by atoms with E-state index in [1.54, 1.807) is 0 Å². The summed E-state index contributed by atoms with van der Waals surface area (Å²) < 4.78 is 0. The molecule has 88 valence electrons. The van der Waals surface area contributed by atoms with Gasteiger partial charge in [-0.15, -0.1) is 6.58 Å². The molecule has 0 amide bonds. The highest BCUT2D eigenvalue weighted by atomic mass is 16.4. The number of hydrogen-bond acceptors (Lipinski definition) is 2. The number of unbranched alkanes of at least 4 members (excludes halogenated alkanes) is 3. The molecule has 0 rings (SSSR count). The maximum absolute atomic E-state index is 10.6. The highest BCUT2D eigenvalue weighted by Gasteiger charge is 2.07. The molecular formula is C12H23NO2. The molecule has 15 heavy (non-hydrogen) atoms. The Morgan fingerprint density at radius 3 is 2.60 bits per heavy atom. The summed E-state index contributed by atoms with van der Waals surface area (Å²) >= 11 is 0. The maximum atomic E-state index is 10.6. The molecule has 3 nitrogen and oxygen atoms in total. The smallest absolute Gasteiger partial charge is 0.317 e. The van der Waals surface area contributed by atoms with Gasteiger partial charge in [0.05, 0.1) is 6.54 Å². The summed E-state index contributed by atoms with van der Waals surface area (Å²) in [7, 11) is 0. The third-order valence-electron chi connectivity index (χ3n) is 2.28. The largest absolute Gasteiger partial charge is 0.480 e. The second-order valence-corrected chi connectivity index (χ2v) is 3.81. The van der Waals surface area contributed by atoms with Gasteiger partial charge in [0.1, 0.15) is 0 Å². The Kier molecular flexibility index (Phi) is 9.18. The van der Waals surface area contributed by atoms with Crippen LogP contribution in [0.15, 0.2) is 12.7 Å². The Labute approximate surface area is 92.8 Å². The quantitative estimate of drug-likeness (QED) is 0.448. The fraction of sp³-hybridized carbons (Fsp3) is 0.750. The van der Waals surface area contributed by atoms with E-state index in [2.05, 4.69) is 13.5 Å². The summed E-state index contributed by atoms with van der Waals surface area (Å²) in [6.07, 6.45) is 7.41. The van der Waals surface area contributed by atoms with E-state index in [0.29, 0.717) is 0 Å². The normalized spacial score (nSPS) is 10.5. The predicted octanol–water partition coefficient (Wildman–Crippen LogP) is 2.53. The summed E-state index contributed by atoms with van der Waals surface area (Å²) in [5.41, 5.74) is 0. The van der Waals surface area contributed by atoms with Crippen LogP contribution in [-0.2, 0) is 4.79 Å². The van der Waals surface area contributed by atoms with Crippen LogP contribution in [0.2, 0.25) is 0 Å². The zero-order valence-electron chi connectivity index (χ0n) is 9.74. The van der Waals surface area contributed by atoms with Gasteiger partial charge in [0, 0.05) is 0 Å². The second kappa shape index (κ2) is 9.71. The average molecular weight is 213 g/mol. The summed E-state index contributed by atoms with van der Waals surface area (Å²) in [4.78, 5) is 12.6. The minimum atomic E-state index is -0.727. The van der Waals surface area contributed by atoms with Gasteiger partial charge in [-0.25, -0.2) is 0 Å². The van der Waals surface area contributed by atoms with Crippen LogP contribution in [0.3, 0.4) is 0 Å². The van der Waals surface area contributed by atoms with Crippen molar-refractivity contribution in [2.75, 3.05) is 19.6 Å². The van der Waals surface area contributed by atoms with Gasteiger partial charge in [-0.3, -0.25) is 9.69 Å². The molecule has 0 spiro atoms. The summed E-state index contributed by atoms with van der Waals surface area (Å²) in [6.45, 7) is 7.71. The van der Waals surface area contributed by atoms with E-state index in [-0.39, 0.29) is 6.54 Å². The number of nitrogens with zero attached hydrogens (tertiary/aromatic N) is 1. The topological polar surface area (TPSA) is 40.5 Å². The van der Waals surface area contributed by atoms with E-state index in [1.165, 1.54) is 0 Å². The first-order valence-corrected chi connectivity index (χ1v) is 5.75. The van der Waals surface area contributed by atoms with E-state index in [4.69, 9.17) is 5.11 Å². The summed E-state index contributed by atoms with van der Waals surface area (Å²) in [5, 5.41) is 8.70. The minimum Gasteiger partial charge on any atom is -0.480 e. The van der Waals surface area contributed by atoms with Crippen LogP contribution in [0.25, 0.3) is 0 Å². The number of carbonyl (C=O) groups is 1. The molecule has 0 saturated carbocycles. The van der Waals surface area contributed by atoms with Crippen LogP contribution in [0.5, 0.6) is 0 Å². The lowest BCUT2D eigenvalue weighted by molar-refractivity contribution is -0.138. The Hall–Kier alpha value is -0.830. The minimum absolute atomic E-state index is 0.176. The van der Waals surface area contributed by atoms with Crippen LogP contribution in [-0.4, -0.2) is 35.6 Å². The zero-order valence-corrected chi connectivity index (χ0v) is 9.74. The molecule has 0 heterocycles. The van der Waals surface area contributed by atoms with E-state index < -0.39 is 5.97 Å². The van der Waals surface area contributed by atoms with Gasteiger partial charge in [0.25, 0.3) is 0 Å². The Balaban J connectivity index is 3.56. The maximum Gasteiger partial charge on any atom is 0.317 e. The molecule has 0 aromatic rings. The van der Waals surface area contributed by atoms with Gasteiger partial charge < -0.3 is 5.11 Å². The first-order chi connectivity index (χ1) is 7.20. The Morgan fingerprint density at radius 1 is 1.33 bits per heavy atom. The predicted molar refractivity (Wildman–Crippen MR) is 63.0 cm³/mol. The molecule has 0 fully saturated rings. The lowest BCUT2D eigenvalue weighted by Crippen LogP contribution is -2.31. The average Bonchev–Trinajstić information content (AvgIpc) is 2.17. The lowest BCUT2D eigenvalue weighted by Gasteiger charge is -2.18. The van der Waals surface area contributed by atoms with Crippen molar-refractivity contribution in [3.8, 4) is 0 Å². The molecule has 3 heteroatoms. The molecule has 0 aromatic heterocycles. The van der Waals surface area contributed by atoms with Crippen molar-refractivity contribution in [2.45, 2.75) is 39.0 Å². The van der Waals surface area contributed by atoms with Crippen LogP contribution in [0.1, 0.15) is 39.0 Å². The monoisotopic (exact) mass is 213 g/mol. The number of hydrogen-bond donors (Lipinski definition) is 1. The van der Waals surface area contributed by atoms with Gasteiger partial charge in [0.2, 0.25) is 0 Å². The molecule has 1 N–H and O–H groups in total. The van der Waals surface area contributed by atoms with Crippen molar-refractivity contribution in [1.82, 2.24) is 4.90 Å². The lowest BCUT2D eigenvalue weighted by atomic mass is 10.2. The highest BCUT2D eigenvalue weighted by molar-refractivity contribution is 5.69. The molecule has 0 aliphatic rings. The van der Waals surface area contributed by atoms with Crippen molar-refractivity contribution in [2.24, 2.45) is 0 Å². The molecule has 0 unspecified atom stereocenters. The van der Waals surface area contributed by atoms with Crippen LogP contribution in [0.4, 0.5) is 0 Å². The second-order valence-electron chi connectivity index (χ2n) is 3.81. The molecule has 0 saturated heterocycles. The van der Waals surface area contributed by atoms with Crippen molar-refractivity contribution in [3.63, 3.8) is 0 Å². The van der Waals surface area contributed by atoms with E-state index >= 15 is 0 Å². The van der Waals surface area contributed by atoms with Gasteiger partial charge in [0.15, 0.2) is 0 Å².